The van der Waals surface area contributed by atoms with Crippen LogP contribution in [0.25, 0.3) is 10.6 Å². The van der Waals surface area contributed by atoms with Crippen LogP contribution in [0.15, 0.2) is 60.0 Å². The van der Waals surface area contributed by atoms with Crippen LogP contribution in [0.2, 0.25) is 0 Å². The maximum atomic E-state index is 12.4. The van der Waals surface area contributed by atoms with Crippen molar-refractivity contribution < 1.29 is 4.79 Å². The zero-order valence-corrected chi connectivity index (χ0v) is 15.2. The highest BCUT2D eigenvalue weighted by Crippen LogP contribution is 2.23. The first kappa shape index (κ1) is 17.3. The molecule has 0 bridgehead atoms. The highest BCUT2D eigenvalue weighted by molar-refractivity contribution is 7.13. The number of thiazole rings is 1. The van der Waals surface area contributed by atoms with Crippen molar-refractivity contribution in [1.82, 2.24) is 15.2 Å². The summed E-state index contributed by atoms with van der Waals surface area (Å²) in [6.07, 6.45) is 0. The maximum absolute atomic E-state index is 12.4. The number of benzene rings is 2. The summed E-state index contributed by atoms with van der Waals surface area (Å²) < 4.78 is 0. The number of nitrogens with zero attached hydrogens (tertiary/aromatic N) is 2. The summed E-state index contributed by atoms with van der Waals surface area (Å²) in [5, 5.41) is 5.65. The smallest absolute Gasteiger partial charge is 0.271 e. The van der Waals surface area contributed by atoms with E-state index in [1.807, 2.05) is 61.9 Å². The van der Waals surface area contributed by atoms with Gasteiger partial charge in [-0.2, -0.15) is 0 Å². The number of carbonyl (C=O) groups excluding carboxylic acids is 1. The molecule has 3 aromatic rings. The van der Waals surface area contributed by atoms with E-state index in [2.05, 4.69) is 27.3 Å². The van der Waals surface area contributed by atoms with Gasteiger partial charge in [0.2, 0.25) is 0 Å². The Morgan fingerprint density at radius 3 is 2.44 bits per heavy atom. The van der Waals surface area contributed by atoms with E-state index < -0.39 is 0 Å². The van der Waals surface area contributed by atoms with E-state index >= 15 is 0 Å². The van der Waals surface area contributed by atoms with Crippen LogP contribution < -0.4 is 5.32 Å². The van der Waals surface area contributed by atoms with Crippen LogP contribution in [-0.2, 0) is 13.1 Å². The summed E-state index contributed by atoms with van der Waals surface area (Å²) in [4.78, 5) is 19.0. The van der Waals surface area contributed by atoms with Gasteiger partial charge in [0.1, 0.15) is 10.7 Å². The number of nitrogens with one attached hydrogen (secondary N) is 1. The lowest BCUT2D eigenvalue weighted by Gasteiger charge is -2.14. The van der Waals surface area contributed by atoms with Crippen LogP contribution in [0.4, 0.5) is 0 Å². The Morgan fingerprint density at radius 1 is 1.04 bits per heavy atom. The molecule has 0 unspecified atom stereocenters. The number of aromatic nitrogens is 1. The molecule has 0 saturated carbocycles. The third-order valence-corrected chi connectivity index (χ3v) is 4.69. The van der Waals surface area contributed by atoms with Crippen LogP contribution >= 0.6 is 11.3 Å². The van der Waals surface area contributed by atoms with E-state index in [0.717, 1.165) is 22.7 Å². The molecule has 0 fully saturated rings. The third kappa shape index (κ3) is 4.53. The van der Waals surface area contributed by atoms with Gasteiger partial charge < -0.3 is 10.2 Å². The number of hydrogen-bond acceptors (Lipinski definition) is 4. The lowest BCUT2D eigenvalue weighted by Crippen LogP contribution is -2.24. The zero-order chi connectivity index (χ0) is 17.6. The molecule has 0 atom stereocenters. The van der Waals surface area contributed by atoms with Crippen LogP contribution in [0.3, 0.4) is 0 Å². The molecule has 5 heteroatoms. The van der Waals surface area contributed by atoms with Crippen molar-refractivity contribution in [2.75, 3.05) is 14.1 Å². The highest BCUT2D eigenvalue weighted by Gasteiger charge is 2.12. The van der Waals surface area contributed by atoms with Crippen molar-refractivity contribution in [2.24, 2.45) is 0 Å². The van der Waals surface area contributed by atoms with Crippen molar-refractivity contribution in [3.63, 3.8) is 0 Å². The van der Waals surface area contributed by atoms with E-state index in [1.165, 1.54) is 16.9 Å². The molecule has 1 N–H and O–H groups in total. The van der Waals surface area contributed by atoms with Gasteiger partial charge in [0.15, 0.2) is 0 Å². The predicted octanol–water partition coefficient (Wildman–Crippen LogP) is 3.80. The second-order valence-corrected chi connectivity index (χ2v) is 6.95. The summed E-state index contributed by atoms with van der Waals surface area (Å²) >= 11 is 1.49. The molecule has 128 valence electrons. The van der Waals surface area contributed by atoms with Crippen molar-refractivity contribution in [3.8, 4) is 10.6 Å². The van der Waals surface area contributed by atoms with E-state index in [4.69, 9.17) is 0 Å². The standard InChI is InChI=1S/C20H21N3OS/c1-23(2)13-17-11-7-6-10-16(17)12-21-19(24)18-14-25-20(22-18)15-8-4-3-5-9-15/h3-11,14H,12-13H2,1-2H3,(H,21,24). The van der Waals surface area contributed by atoms with E-state index in [-0.39, 0.29) is 5.91 Å². The summed E-state index contributed by atoms with van der Waals surface area (Å²) in [7, 11) is 4.07. The molecular weight excluding hydrogens is 330 g/mol. The Morgan fingerprint density at radius 2 is 1.72 bits per heavy atom. The number of carbonyl (C=O) groups is 1. The van der Waals surface area contributed by atoms with E-state index in [0.29, 0.717) is 12.2 Å². The minimum atomic E-state index is -0.141. The molecular formula is C20H21N3OS. The Bertz CT molecular complexity index is 843. The molecule has 25 heavy (non-hydrogen) atoms. The maximum Gasteiger partial charge on any atom is 0.271 e. The molecule has 0 spiro atoms. The second kappa shape index (κ2) is 8.05. The van der Waals surface area contributed by atoms with Crippen LogP contribution in [0.5, 0.6) is 0 Å². The van der Waals surface area contributed by atoms with E-state index in [1.54, 1.807) is 0 Å². The van der Waals surface area contributed by atoms with Gasteiger partial charge in [-0.1, -0.05) is 54.6 Å². The SMILES string of the molecule is CN(C)Cc1ccccc1CNC(=O)c1csc(-c2ccccc2)n1. The Hall–Kier alpha value is -2.50. The predicted molar refractivity (Wildman–Crippen MR) is 103 cm³/mol. The quantitative estimate of drug-likeness (QED) is 0.735. The summed E-state index contributed by atoms with van der Waals surface area (Å²) in [6, 6.07) is 18.1. The topological polar surface area (TPSA) is 45.2 Å². The van der Waals surface area contributed by atoms with Gasteiger partial charge in [-0.05, 0) is 25.2 Å². The molecule has 1 amide bonds. The molecule has 0 radical (unpaired) electrons. The first-order valence-electron chi connectivity index (χ1n) is 8.14. The van der Waals surface area contributed by atoms with Crippen molar-refractivity contribution >= 4 is 17.2 Å². The third-order valence-electron chi connectivity index (χ3n) is 3.80. The summed E-state index contributed by atoms with van der Waals surface area (Å²) in [6.45, 7) is 1.35. The molecule has 1 heterocycles. The largest absolute Gasteiger partial charge is 0.347 e. The van der Waals surface area contributed by atoms with Gasteiger partial charge >= 0.3 is 0 Å². The fourth-order valence-corrected chi connectivity index (χ4v) is 3.39. The van der Waals surface area contributed by atoms with Gasteiger partial charge in [-0.25, -0.2) is 4.98 Å². The lowest BCUT2D eigenvalue weighted by atomic mass is 10.1. The summed E-state index contributed by atoms with van der Waals surface area (Å²) in [5.74, 6) is -0.141. The lowest BCUT2D eigenvalue weighted by molar-refractivity contribution is 0.0946. The Labute approximate surface area is 152 Å². The van der Waals surface area contributed by atoms with Crippen LogP contribution in [-0.4, -0.2) is 29.9 Å². The minimum Gasteiger partial charge on any atom is -0.347 e. The van der Waals surface area contributed by atoms with E-state index in [9.17, 15) is 4.79 Å². The Balaban J connectivity index is 1.67. The van der Waals surface area contributed by atoms with Gasteiger partial charge in [0, 0.05) is 24.0 Å². The fourth-order valence-electron chi connectivity index (χ4n) is 2.58. The van der Waals surface area contributed by atoms with Crippen molar-refractivity contribution in [1.29, 1.82) is 0 Å². The molecule has 4 nitrogen and oxygen atoms in total. The molecule has 3 rings (SSSR count). The van der Waals surface area contributed by atoms with Crippen molar-refractivity contribution in [2.45, 2.75) is 13.1 Å². The average molecular weight is 351 g/mol. The molecule has 0 saturated heterocycles. The number of amides is 1. The monoisotopic (exact) mass is 351 g/mol. The van der Waals surface area contributed by atoms with Crippen molar-refractivity contribution in [3.05, 3.63) is 76.8 Å². The second-order valence-electron chi connectivity index (χ2n) is 6.09. The highest BCUT2D eigenvalue weighted by atomic mass is 32.1. The average Bonchev–Trinajstić information content (AvgIpc) is 3.11. The number of hydrogen-bond donors (Lipinski definition) is 1. The molecule has 1 aromatic heterocycles. The Kier molecular flexibility index (Phi) is 5.58. The van der Waals surface area contributed by atoms with Crippen LogP contribution in [0.1, 0.15) is 21.6 Å². The van der Waals surface area contributed by atoms with Gasteiger partial charge in [-0.3, -0.25) is 4.79 Å². The van der Waals surface area contributed by atoms with Gasteiger partial charge in [0.05, 0.1) is 0 Å². The fraction of sp³-hybridized carbons (Fsp3) is 0.200. The molecule has 0 aliphatic heterocycles. The first-order valence-corrected chi connectivity index (χ1v) is 9.02. The molecule has 2 aromatic carbocycles. The number of rotatable bonds is 6. The van der Waals surface area contributed by atoms with Gasteiger partial charge in [0.25, 0.3) is 5.91 Å². The van der Waals surface area contributed by atoms with Gasteiger partial charge in [-0.15, -0.1) is 11.3 Å². The summed E-state index contributed by atoms with van der Waals surface area (Å²) in [5.41, 5.74) is 3.84. The molecule has 0 aliphatic rings. The minimum absolute atomic E-state index is 0.141. The molecule has 0 aliphatic carbocycles. The normalized spacial score (nSPS) is 10.8. The first-order chi connectivity index (χ1) is 12.1. The zero-order valence-electron chi connectivity index (χ0n) is 14.4. The van der Waals surface area contributed by atoms with Crippen LogP contribution in [0, 0.1) is 0 Å².